The zero-order valence-electron chi connectivity index (χ0n) is 12.2. The van der Waals surface area contributed by atoms with Crippen LogP contribution in [0.4, 0.5) is 0 Å². The molecule has 0 amide bonds. The van der Waals surface area contributed by atoms with Gasteiger partial charge in [0.25, 0.3) is 0 Å². The lowest BCUT2D eigenvalue weighted by molar-refractivity contribution is 0.0587. The van der Waals surface area contributed by atoms with E-state index in [1.165, 1.54) is 7.11 Å². The number of esters is 1. The fraction of sp³-hybridized carbons (Fsp3) is 0.312. The Morgan fingerprint density at radius 3 is 2.25 bits per heavy atom. The number of benzene rings is 1. The van der Waals surface area contributed by atoms with Gasteiger partial charge in [-0.3, -0.25) is 0 Å². The van der Waals surface area contributed by atoms with E-state index in [0.717, 1.165) is 16.9 Å². The largest absolute Gasteiger partial charge is 0.497 e. The molecule has 0 fully saturated rings. The standard InChI is InChI=1S/C16H19NO3/c1-11(2)17-10-13(9-15(17)16(18)20-4)12-5-7-14(19-3)8-6-12/h5-11H,1-4H3. The van der Waals surface area contributed by atoms with Crippen LogP contribution in [0.15, 0.2) is 36.5 Å². The molecule has 0 unspecified atom stereocenters. The molecule has 2 rings (SSSR count). The third-order valence-corrected chi connectivity index (χ3v) is 3.22. The fourth-order valence-electron chi connectivity index (χ4n) is 2.12. The Balaban J connectivity index is 2.44. The third-order valence-electron chi connectivity index (χ3n) is 3.22. The molecule has 0 saturated heterocycles. The van der Waals surface area contributed by atoms with Crippen molar-refractivity contribution in [1.82, 2.24) is 4.57 Å². The average molecular weight is 273 g/mol. The normalized spacial score (nSPS) is 10.7. The summed E-state index contributed by atoms with van der Waals surface area (Å²) in [5, 5.41) is 0. The highest BCUT2D eigenvalue weighted by Gasteiger charge is 2.16. The summed E-state index contributed by atoms with van der Waals surface area (Å²) in [6, 6.07) is 9.80. The highest BCUT2D eigenvalue weighted by atomic mass is 16.5. The van der Waals surface area contributed by atoms with Gasteiger partial charge in [-0.25, -0.2) is 4.79 Å². The van der Waals surface area contributed by atoms with Crippen molar-refractivity contribution in [3.63, 3.8) is 0 Å². The van der Waals surface area contributed by atoms with E-state index < -0.39 is 0 Å². The molecule has 4 nitrogen and oxygen atoms in total. The highest BCUT2D eigenvalue weighted by Crippen LogP contribution is 2.26. The van der Waals surface area contributed by atoms with E-state index in [9.17, 15) is 4.79 Å². The van der Waals surface area contributed by atoms with Crippen LogP contribution in [-0.4, -0.2) is 24.8 Å². The summed E-state index contributed by atoms with van der Waals surface area (Å²) >= 11 is 0. The number of nitrogens with zero attached hydrogens (tertiary/aromatic N) is 1. The molecule has 0 aliphatic carbocycles. The maximum atomic E-state index is 11.8. The van der Waals surface area contributed by atoms with Crippen LogP contribution in [0, 0.1) is 0 Å². The molecule has 1 aromatic carbocycles. The van der Waals surface area contributed by atoms with Crippen LogP contribution in [0.1, 0.15) is 30.4 Å². The number of methoxy groups -OCH3 is 2. The van der Waals surface area contributed by atoms with Crippen molar-refractivity contribution in [2.75, 3.05) is 14.2 Å². The van der Waals surface area contributed by atoms with Gasteiger partial charge in [-0.2, -0.15) is 0 Å². The highest BCUT2D eigenvalue weighted by molar-refractivity contribution is 5.90. The lowest BCUT2D eigenvalue weighted by Crippen LogP contribution is -2.11. The minimum atomic E-state index is -0.321. The van der Waals surface area contributed by atoms with Gasteiger partial charge in [-0.05, 0) is 37.6 Å². The molecule has 0 radical (unpaired) electrons. The number of hydrogen-bond donors (Lipinski definition) is 0. The topological polar surface area (TPSA) is 40.5 Å². The molecule has 20 heavy (non-hydrogen) atoms. The van der Waals surface area contributed by atoms with E-state index in [4.69, 9.17) is 9.47 Å². The second-order valence-electron chi connectivity index (χ2n) is 4.84. The fourth-order valence-corrected chi connectivity index (χ4v) is 2.12. The summed E-state index contributed by atoms with van der Waals surface area (Å²) in [7, 11) is 3.03. The van der Waals surface area contributed by atoms with Crippen molar-refractivity contribution in [1.29, 1.82) is 0 Å². The van der Waals surface area contributed by atoms with Crippen molar-refractivity contribution in [3.8, 4) is 16.9 Å². The van der Waals surface area contributed by atoms with Gasteiger partial charge in [0.2, 0.25) is 0 Å². The van der Waals surface area contributed by atoms with Crippen LogP contribution in [0.5, 0.6) is 5.75 Å². The van der Waals surface area contributed by atoms with E-state index in [0.29, 0.717) is 5.69 Å². The summed E-state index contributed by atoms with van der Waals surface area (Å²) < 4.78 is 11.9. The predicted molar refractivity (Wildman–Crippen MR) is 78.1 cm³/mol. The monoisotopic (exact) mass is 273 g/mol. The van der Waals surface area contributed by atoms with E-state index >= 15 is 0 Å². The van der Waals surface area contributed by atoms with Crippen molar-refractivity contribution in [2.24, 2.45) is 0 Å². The molecule has 0 bridgehead atoms. The number of carbonyl (C=O) groups is 1. The number of hydrogen-bond acceptors (Lipinski definition) is 3. The first kappa shape index (κ1) is 14.2. The summed E-state index contributed by atoms with van der Waals surface area (Å²) in [5.74, 6) is 0.490. The summed E-state index contributed by atoms with van der Waals surface area (Å²) in [6.07, 6.45) is 1.97. The van der Waals surface area contributed by atoms with Crippen molar-refractivity contribution in [2.45, 2.75) is 19.9 Å². The van der Waals surface area contributed by atoms with Crippen molar-refractivity contribution in [3.05, 3.63) is 42.2 Å². The van der Waals surface area contributed by atoms with Gasteiger partial charge in [0.15, 0.2) is 0 Å². The predicted octanol–water partition coefficient (Wildman–Crippen LogP) is 3.53. The maximum absolute atomic E-state index is 11.8. The first-order valence-corrected chi connectivity index (χ1v) is 6.51. The van der Waals surface area contributed by atoms with Crippen molar-refractivity contribution >= 4 is 5.97 Å². The van der Waals surface area contributed by atoms with Crippen LogP contribution in [0.3, 0.4) is 0 Å². The zero-order valence-corrected chi connectivity index (χ0v) is 12.2. The lowest BCUT2D eigenvalue weighted by Gasteiger charge is -2.10. The maximum Gasteiger partial charge on any atom is 0.354 e. The molecule has 1 heterocycles. The van der Waals surface area contributed by atoms with Gasteiger partial charge in [0, 0.05) is 17.8 Å². The Kier molecular flexibility index (Phi) is 4.13. The lowest BCUT2D eigenvalue weighted by atomic mass is 10.1. The summed E-state index contributed by atoms with van der Waals surface area (Å²) in [5.41, 5.74) is 2.59. The molecule has 0 atom stereocenters. The van der Waals surface area contributed by atoms with E-state index in [1.54, 1.807) is 7.11 Å². The Hall–Kier alpha value is -2.23. The average Bonchev–Trinajstić information content (AvgIpc) is 2.92. The molecular weight excluding hydrogens is 254 g/mol. The minimum absolute atomic E-state index is 0.191. The Labute approximate surface area is 118 Å². The van der Waals surface area contributed by atoms with Crippen LogP contribution in [0.25, 0.3) is 11.1 Å². The molecule has 1 aromatic heterocycles. The Morgan fingerprint density at radius 1 is 1.10 bits per heavy atom. The number of rotatable bonds is 4. The van der Waals surface area contributed by atoms with E-state index in [2.05, 4.69) is 0 Å². The molecule has 0 spiro atoms. The number of aromatic nitrogens is 1. The number of carbonyl (C=O) groups excluding carboxylic acids is 1. The third kappa shape index (κ3) is 2.69. The van der Waals surface area contributed by atoms with Crippen molar-refractivity contribution < 1.29 is 14.3 Å². The Bertz CT molecular complexity index is 597. The molecule has 0 aliphatic rings. The van der Waals surface area contributed by atoms with Crippen LogP contribution < -0.4 is 4.74 Å². The van der Waals surface area contributed by atoms with Gasteiger partial charge < -0.3 is 14.0 Å². The van der Waals surface area contributed by atoms with Gasteiger partial charge in [0.05, 0.1) is 14.2 Å². The smallest absolute Gasteiger partial charge is 0.354 e. The van der Waals surface area contributed by atoms with Crippen LogP contribution >= 0.6 is 0 Å². The summed E-state index contributed by atoms with van der Waals surface area (Å²) in [6.45, 7) is 4.06. The summed E-state index contributed by atoms with van der Waals surface area (Å²) in [4.78, 5) is 11.8. The molecule has 0 N–H and O–H groups in total. The first-order valence-electron chi connectivity index (χ1n) is 6.51. The molecule has 0 aliphatic heterocycles. The molecule has 106 valence electrons. The van der Waals surface area contributed by atoms with E-state index in [-0.39, 0.29) is 12.0 Å². The molecular formula is C16H19NO3. The van der Waals surface area contributed by atoms with Crippen LogP contribution in [-0.2, 0) is 4.74 Å². The zero-order chi connectivity index (χ0) is 14.7. The first-order chi connectivity index (χ1) is 9.56. The Morgan fingerprint density at radius 2 is 1.75 bits per heavy atom. The molecule has 2 aromatic rings. The second-order valence-corrected chi connectivity index (χ2v) is 4.84. The second kappa shape index (κ2) is 5.82. The van der Waals surface area contributed by atoms with Gasteiger partial charge in [0.1, 0.15) is 11.4 Å². The van der Waals surface area contributed by atoms with Gasteiger partial charge in [-0.1, -0.05) is 12.1 Å². The quantitative estimate of drug-likeness (QED) is 0.800. The molecule has 0 saturated carbocycles. The van der Waals surface area contributed by atoms with Crippen LogP contribution in [0.2, 0.25) is 0 Å². The van der Waals surface area contributed by atoms with Gasteiger partial charge >= 0.3 is 5.97 Å². The van der Waals surface area contributed by atoms with E-state index in [1.807, 2.05) is 54.9 Å². The SMILES string of the molecule is COC(=O)c1cc(-c2ccc(OC)cc2)cn1C(C)C. The minimum Gasteiger partial charge on any atom is -0.497 e. The van der Waals surface area contributed by atoms with Gasteiger partial charge in [-0.15, -0.1) is 0 Å². The number of ether oxygens (including phenoxy) is 2. The molecule has 4 heteroatoms.